The van der Waals surface area contributed by atoms with E-state index in [0.29, 0.717) is 16.2 Å². The summed E-state index contributed by atoms with van der Waals surface area (Å²) in [6, 6.07) is 14.1. The van der Waals surface area contributed by atoms with Gasteiger partial charge in [-0.3, -0.25) is 19.3 Å². The summed E-state index contributed by atoms with van der Waals surface area (Å²) < 4.78 is 5.28. The Morgan fingerprint density at radius 1 is 1.15 bits per heavy atom. The van der Waals surface area contributed by atoms with Crippen LogP contribution in [0.1, 0.15) is 21.5 Å². The number of ketones is 1. The van der Waals surface area contributed by atoms with E-state index in [-0.39, 0.29) is 12.3 Å². The molecule has 0 spiro atoms. The molecule has 0 bridgehead atoms. The number of hydrogen-bond acceptors (Lipinski definition) is 5. The number of aryl methyl sites for hydroxylation is 1. The van der Waals surface area contributed by atoms with Gasteiger partial charge in [-0.25, -0.2) is 0 Å². The molecule has 0 radical (unpaired) electrons. The van der Waals surface area contributed by atoms with Gasteiger partial charge in [-0.05, 0) is 42.0 Å². The fourth-order valence-corrected chi connectivity index (χ4v) is 3.41. The van der Waals surface area contributed by atoms with Crippen LogP contribution in [-0.2, 0) is 4.79 Å². The number of imide groups is 1. The number of rotatable bonds is 5. The van der Waals surface area contributed by atoms with Crippen LogP contribution in [0.2, 0.25) is 0 Å². The number of thioether (sulfide) groups is 1. The molecule has 0 unspecified atom stereocenters. The maximum absolute atomic E-state index is 12.5. The largest absolute Gasteiger partial charge is 0.496 e. The first-order chi connectivity index (χ1) is 12.5. The highest BCUT2D eigenvalue weighted by atomic mass is 32.2. The Balaban J connectivity index is 1.79. The Bertz CT molecular complexity index is 905. The van der Waals surface area contributed by atoms with E-state index in [4.69, 9.17) is 4.74 Å². The lowest BCUT2D eigenvalue weighted by molar-refractivity contribution is -0.122. The Labute approximate surface area is 155 Å². The monoisotopic (exact) mass is 367 g/mol. The summed E-state index contributed by atoms with van der Waals surface area (Å²) in [5.74, 6) is -0.0211. The predicted molar refractivity (Wildman–Crippen MR) is 101 cm³/mol. The SMILES string of the molecule is COc1cc(/C=C2/SC(=O)N(CC(=O)c3ccccc3)C2=O)ccc1C. The molecule has 132 valence electrons. The van der Waals surface area contributed by atoms with Gasteiger partial charge >= 0.3 is 0 Å². The average Bonchev–Trinajstić information content (AvgIpc) is 2.91. The van der Waals surface area contributed by atoms with Crippen LogP contribution in [0.3, 0.4) is 0 Å². The van der Waals surface area contributed by atoms with E-state index >= 15 is 0 Å². The summed E-state index contributed by atoms with van der Waals surface area (Å²) in [6.07, 6.45) is 1.64. The summed E-state index contributed by atoms with van der Waals surface area (Å²) in [6.45, 7) is 1.66. The number of methoxy groups -OCH3 is 1. The lowest BCUT2D eigenvalue weighted by Crippen LogP contribution is -2.33. The van der Waals surface area contributed by atoms with Crippen LogP contribution in [0.15, 0.2) is 53.4 Å². The highest BCUT2D eigenvalue weighted by Crippen LogP contribution is 2.33. The second-order valence-electron chi connectivity index (χ2n) is 5.79. The normalized spacial score (nSPS) is 15.6. The molecule has 3 rings (SSSR count). The van der Waals surface area contributed by atoms with Crippen LogP contribution < -0.4 is 4.74 Å². The van der Waals surface area contributed by atoms with Crippen molar-refractivity contribution in [2.75, 3.05) is 13.7 Å². The topological polar surface area (TPSA) is 63.7 Å². The van der Waals surface area contributed by atoms with Gasteiger partial charge < -0.3 is 4.74 Å². The standard InChI is InChI=1S/C20H17NO4S/c1-13-8-9-14(10-17(13)25-2)11-18-19(23)21(20(24)26-18)12-16(22)15-6-4-3-5-7-15/h3-11H,12H2,1-2H3/b18-11+. The van der Waals surface area contributed by atoms with Crippen LogP contribution in [0, 0.1) is 6.92 Å². The zero-order valence-corrected chi connectivity index (χ0v) is 15.2. The molecular formula is C20H17NO4S. The van der Waals surface area contributed by atoms with E-state index in [1.54, 1.807) is 49.6 Å². The van der Waals surface area contributed by atoms with Crippen LogP contribution >= 0.6 is 11.8 Å². The van der Waals surface area contributed by atoms with Crippen LogP contribution in [0.4, 0.5) is 4.79 Å². The molecule has 1 fully saturated rings. The summed E-state index contributed by atoms with van der Waals surface area (Å²) in [7, 11) is 1.58. The summed E-state index contributed by atoms with van der Waals surface area (Å²) in [5, 5.41) is -0.440. The van der Waals surface area contributed by atoms with Gasteiger partial charge in [0, 0.05) is 5.56 Å². The highest BCUT2D eigenvalue weighted by molar-refractivity contribution is 8.18. The van der Waals surface area contributed by atoms with Crippen LogP contribution in [-0.4, -0.2) is 35.5 Å². The van der Waals surface area contributed by atoms with E-state index in [2.05, 4.69) is 0 Å². The number of benzene rings is 2. The lowest BCUT2D eigenvalue weighted by atomic mass is 10.1. The van der Waals surface area contributed by atoms with Crippen LogP contribution in [0.5, 0.6) is 5.75 Å². The van der Waals surface area contributed by atoms with Gasteiger partial charge in [0.1, 0.15) is 5.75 Å². The number of carbonyl (C=O) groups excluding carboxylic acids is 3. The Hall–Kier alpha value is -2.86. The van der Waals surface area contributed by atoms with Crippen molar-refractivity contribution in [3.8, 4) is 5.75 Å². The van der Waals surface area contributed by atoms with E-state index in [9.17, 15) is 14.4 Å². The van der Waals surface area contributed by atoms with Gasteiger partial charge in [0.05, 0.1) is 18.6 Å². The number of hydrogen-bond donors (Lipinski definition) is 0. The molecule has 0 saturated carbocycles. The zero-order chi connectivity index (χ0) is 18.7. The van der Waals surface area contributed by atoms with Gasteiger partial charge in [-0.15, -0.1) is 0 Å². The van der Waals surface area contributed by atoms with Gasteiger partial charge in [-0.1, -0.05) is 42.5 Å². The van der Waals surface area contributed by atoms with Gasteiger partial charge in [0.25, 0.3) is 11.1 Å². The van der Waals surface area contributed by atoms with Crippen molar-refractivity contribution in [1.82, 2.24) is 4.90 Å². The van der Waals surface area contributed by atoms with Crippen molar-refractivity contribution in [1.29, 1.82) is 0 Å². The number of nitrogens with zero attached hydrogens (tertiary/aromatic N) is 1. The number of carbonyl (C=O) groups is 3. The second-order valence-corrected chi connectivity index (χ2v) is 6.78. The molecule has 5 nitrogen and oxygen atoms in total. The molecule has 0 aromatic heterocycles. The van der Waals surface area contributed by atoms with E-state index in [0.717, 1.165) is 27.8 Å². The van der Waals surface area contributed by atoms with E-state index in [1.807, 2.05) is 19.1 Å². The molecular weight excluding hydrogens is 350 g/mol. The fourth-order valence-electron chi connectivity index (χ4n) is 2.57. The van der Waals surface area contributed by atoms with Crippen molar-refractivity contribution in [2.45, 2.75) is 6.92 Å². The van der Waals surface area contributed by atoms with Crippen molar-refractivity contribution >= 4 is 34.8 Å². The molecule has 1 saturated heterocycles. The van der Waals surface area contributed by atoms with Crippen LogP contribution in [0.25, 0.3) is 6.08 Å². The molecule has 0 N–H and O–H groups in total. The lowest BCUT2D eigenvalue weighted by Gasteiger charge is -2.11. The van der Waals surface area contributed by atoms with E-state index in [1.165, 1.54) is 0 Å². The van der Waals surface area contributed by atoms with E-state index < -0.39 is 11.1 Å². The minimum Gasteiger partial charge on any atom is -0.496 e. The quantitative estimate of drug-likeness (QED) is 0.592. The maximum atomic E-state index is 12.5. The van der Waals surface area contributed by atoms with Gasteiger partial charge in [-0.2, -0.15) is 0 Å². The summed E-state index contributed by atoms with van der Waals surface area (Å²) in [4.78, 5) is 38.3. The summed E-state index contributed by atoms with van der Waals surface area (Å²) in [5.41, 5.74) is 2.21. The highest BCUT2D eigenvalue weighted by Gasteiger charge is 2.36. The molecule has 2 aromatic carbocycles. The minimum atomic E-state index is -0.455. The number of Topliss-reactive ketones (excluding diaryl/α,β-unsaturated/α-hetero) is 1. The first-order valence-corrected chi connectivity index (χ1v) is 8.79. The second kappa shape index (κ2) is 7.58. The molecule has 1 aliphatic heterocycles. The predicted octanol–water partition coefficient (Wildman–Crippen LogP) is 3.92. The Kier molecular flexibility index (Phi) is 5.23. The number of amides is 2. The van der Waals surface area contributed by atoms with Crippen molar-refractivity contribution < 1.29 is 19.1 Å². The summed E-state index contributed by atoms with van der Waals surface area (Å²) >= 11 is 0.837. The van der Waals surface area contributed by atoms with Gasteiger partial charge in [0.15, 0.2) is 5.78 Å². The Morgan fingerprint density at radius 2 is 1.88 bits per heavy atom. The van der Waals surface area contributed by atoms with Crippen molar-refractivity contribution in [3.05, 3.63) is 70.1 Å². The molecule has 0 aliphatic carbocycles. The molecule has 26 heavy (non-hydrogen) atoms. The molecule has 6 heteroatoms. The van der Waals surface area contributed by atoms with Crippen molar-refractivity contribution in [3.63, 3.8) is 0 Å². The minimum absolute atomic E-state index is 0.261. The molecule has 0 atom stereocenters. The third-order valence-corrected chi connectivity index (χ3v) is 4.91. The third kappa shape index (κ3) is 3.70. The average molecular weight is 367 g/mol. The first kappa shape index (κ1) is 17.9. The molecule has 1 aliphatic rings. The van der Waals surface area contributed by atoms with Crippen molar-refractivity contribution in [2.24, 2.45) is 0 Å². The zero-order valence-electron chi connectivity index (χ0n) is 14.4. The molecule has 2 amide bonds. The fraction of sp³-hybridized carbons (Fsp3) is 0.150. The third-order valence-electron chi connectivity index (χ3n) is 4.00. The Morgan fingerprint density at radius 3 is 2.58 bits per heavy atom. The molecule has 1 heterocycles. The first-order valence-electron chi connectivity index (χ1n) is 7.98. The van der Waals surface area contributed by atoms with Gasteiger partial charge in [0.2, 0.25) is 0 Å². The molecule has 2 aromatic rings. The number of ether oxygens (including phenoxy) is 1. The maximum Gasteiger partial charge on any atom is 0.293 e. The smallest absolute Gasteiger partial charge is 0.293 e.